The lowest BCUT2D eigenvalue weighted by Crippen LogP contribution is -2.47. The molecule has 0 aromatic carbocycles. The van der Waals surface area contributed by atoms with Crippen LogP contribution in [-0.4, -0.2) is 61.0 Å². The van der Waals surface area contributed by atoms with Crippen molar-refractivity contribution in [3.63, 3.8) is 0 Å². The molecule has 9 heteroatoms. The van der Waals surface area contributed by atoms with Crippen molar-refractivity contribution in [2.75, 3.05) is 26.4 Å². The van der Waals surface area contributed by atoms with Crippen LogP contribution >= 0.6 is 0 Å². The Kier molecular flexibility index (Phi) is 9.75. The Hall–Kier alpha value is -2.00. The summed E-state index contributed by atoms with van der Waals surface area (Å²) in [5.41, 5.74) is -1.95. The van der Waals surface area contributed by atoms with Crippen LogP contribution in [0.5, 0.6) is 0 Å². The minimum Gasteiger partial charge on any atom is -0.466 e. The normalized spacial score (nSPS) is 12.9. The molecule has 1 unspecified atom stereocenters. The highest BCUT2D eigenvalue weighted by molar-refractivity contribution is 5.93. The van der Waals surface area contributed by atoms with Crippen molar-refractivity contribution in [2.45, 2.75) is 39.2 Å². The third-order valence-corrected chi connectivity index (χ3v) is 2.59. The molecule has 0 aliphatic carbocycles. The first-order valence-electron chi connectivity index (χ1n) is 7.16. The van der Waals surface area contributed by atoms with E-state index in [0.29, 0.717) is 0 Å². The van der Waals surface area contributed by atoms with Crippen molar-refractivity contribution in [2.24, 2.45) is 0 Å². The van der Waals surface area contributed by atoms with Crippen LogP contribution in [0, 0.1) is 0 Å². The summed E-state index contributed by atoms with van der Waals surface area (Å²) in [4.78, 5) is 46.6. The number of aliphatic hydroxyl groups is 1. The van der Waals surface area contributed by atoms with Gasteiger partial charge in [-0.15, -0.1) is 0 Å². The monoisotopic (exact) mass is 334 g/mol. The Morgan fingerprint density at radius 2 is 1.39 bits per heavy atom. The average molecular weight is 334 g/mol. The van der Waals surface area contributed by atoms with Gasteiger partial charge < -0.3 is 24.1 Å². The lowest BCUT2D eigenvalue weighted by molar-refractivity contribution is -0.186. The van der Waals surface area contributed by atoms with E-state index in [1.165, 1.54) is 0 Å². The third-order valence-electron chi connectivity index (χ3n) is 2.59. The molecule has 0 spiro atoms. The largest absolute Gasteiger partial charge is 0.466 e. The van der Waals surface area contributed by atoms with Crippen LogP contribution in [0.25, 0.3) is 0 Å². The van der Waals surface area contributed by atoms with E-state index < -0.39 is 48.9 Å². The topological polar surface area (TPSA) is 125 Å². The van der Waals surface area contributed by atoms with Gasteiger partial charge >= 0.3 is 23.9 Å². The Morgan fingerprint density at radius 3 is 1.87 bits per heavy atom. The first-order valence-corrected chi connectivity index (χ1v) is 7.16. The smallest absolute Gasteiger partial charge is 0.339 e. The quantitative estimate of drug-likeness (QED) is 0.326. The molecule has 0 fully saturated rings. The number of hydrogen-bond acceptors (Lipinski definition) is 9. The minimum absolute atomic E-state index is 0.000550. The zero-order chi connectivity index (χ0) is 17.9. The lowest BCUT2D eigenvalue weighted by Gasteiger charge is -2.29. The predicted octanol–water partition coefficient (Wildman–Crippen LogP) is -0.270. The Balaban J connectivity index is 5.35. The fraction of sp³-hybridized carbons (Fsp3) is 0.714. The van der Waals surface area contributed by atoms with Crippen LogP contribution in [0.2, 0.25) is 0 Å². The van der Waals surface area contributed by atoms with Gasteiger partial charge in [-0.05, 0) is 20.8 Å². The van der Waals surface area contributed by atoms with Crippen molar-refractivity contribution in [1.29, 1.82) is 0 Å². The van der Waals surface area contributed by atoms with Crippen molar-refractivity contribution < 1.29 is 43.2 Å². The van der Waals surface area contributed by atoms with Crippen LogP contribution in [0.15, 0.2) is 0 Å². The van der Waals surface area contributed by atoms with Gasteiger partial charge in [0.25, 0.3) is 0 Å². The second-order valence-corrected chi connectivity index (χ2v) is 4.31. The fourth-order valence-corrected chi connectivity index (χ4v) is 1.78. The number of carbonyl (C=O) groups is 4. The maximum Gasteiger partial charge on any atom is 0.339 e. The molecule has 0 radical (unpaired) electrons. The first kappa shape index (κ1) is 21.0. The Bertz CT molecular complexity index is 432. The predicted molar refractivity (Wildman–Crippen MR) is 75.0 cm³/mol. The van der Waals surface area contributed by atoms with Gasteiger partial charge in [-0.1, -0.05) is 0 Å². The Labute approximate surface area is 133 Å². The molecule has 0 aliphatic heterocycles. The first-order chi connectivity index (χ1) is 10.8. The fourth-order valence-electron chi connectivity index (χ4n) is 1.78. The summed E-state index contributed by atoms with van der Waals surface area (Å²) >= 11 is 0. The third kappa shape index (κ3) is 7.20. The highest BCUT2D eigenvalue weighted by atomic mass is 16.6. The summed E-state index contributed by atoms with van der Waals surface area (Å²) in [7, 11) is 0. The molecule has 132 valence electrons. The van der Waals surface area contributed by atoms with Crippen LogP contribution in [0.1, 0.15) is 33.6 Å². The molecule has 23 heavy (non-hydrogen) atoms. The summed E-state index contributed by atoms with van der Waals surface area (Å²) in [6.07, 6.45) is -1.31. The maximum atomic E-state index is 12.2. The molecular formula is C14H22O9. The van der Waals surface area contributed by atoms with Gasteiger partial charge in [-0.25, -0.2) is 9.59 Å². The van der Waals surface area contributed by atoms with Crippen LogP contribution in [0.3, 0.4) is 0 Å². The van der Waals surface area contributed by atoms with E-state index in [2.05, 4.69) is 4.74 Å². The zero-order valence-electron chi connectivity index (χ0n) is 13.5. The van der Waals surface area contributed by atoms with E-state index in [1.54, 1.807) is 20.8 Å². The molecule has 1 atom stereocenters. The van der Waals surface area contributed by atoms with Gasteiger partial charge in [0.2, 0.25) is 0 Å². The van der Waals surface area contributed by atoms with Crippen LogP contribution < -0.4 is 0 Å². The van der Waals surface area contributed by atoms with Gasteiger partial charge in [0, 0.05) is 6.61 Å². The van der Waals surface area contributed by atoms with Crippen molar-refractivity contribution >= 4 is 23.9 Å². The molecule has 0 saturated carbocycles. The highest BCUT2D eigenvalue weighted by Gasteiger charge is 2.46. The second kappa shape index (κ2) is 10.7. The van der Waals surface area contributed by atoms with Gasteiger partial charge in [0.1, 0.15) is 6.61 Å². The molecular weight excluding hydrogens is 312 g/mol. The van der Waals surface area contributed by atoms with E-state index in [1.807, 2.05) is 0 Å². The number of aliphatic hydroxyl groups excluding tert-OH is 1. The number of hydrogen-bond donors (Lipinski definition) is 1. The maximum absolute atomic E-state index is 12.2. The summed E-state index contributed by atoms with van der Waals surface area (Å²) in [6, 6.07) is 0. The summed E-state index contributed by atoms with van der Waals surface area (Å²) in [5.74, 6) is -4.02. The molecule has 0 heterocycles. The molecule has 0 aromatic heterocycles. The van der Waals surface area contributed by atoms with Crippen LogP contribution in [-0.2, 0) is 38.1 Å². The van der Waals surface area contributed by atoms with Crippen LogP contribution in [0.4, 0.5) is 0 Å². The van der Waals surface area contributed by atoms with Crippen molar-refractivity contribution in [3.8, 4) is 0 Å². The molecule has 9 nitrogen and oxygen atoms in total. The van der Waals surface area contributed by atoms with Gasteiger partial charge in [-0.3, -0.25) is 9.59 Å². The number of ether oxygens (including phenoxy) is 4. The highest BCUT2D eigenvalue weighted by Crippen LogP contribution is 2.25. The average Bonchev–Trinajstić information content (AvgIpc) is 2.47. The molecule has 0 amide bonds. The number of esters is 4. The number of rotatable bonds is 10. The molecule has 0 bridgehead atoms. The van der Waals surface area contributed by atoms with Gasteiger partial charge in [-0.2, -0.15) is 0 Å². The van der Waals surface area contributed by atoms with E-state index in [-0.39, 0.29) is 19.8 Å². The van der Waals surface area contributed by atoms with Gasteiger partial charge in [0.05, 0.1) is 26.1 Å². The molecule has 0 aliphatic rings. The second-order valence-electron chi connectivity index (χ2n) is 4.31. The Morgan fingerprint density at radius 1 is 0.826 bits per heavy atom. The lowest BCUT2D eigenvalue weighted by atomic mass is 9.95. The molecule has 0 aromatic rings. The minimum atomic E-state index is -1.95. The van der Waals surface area contributed by atoms with Crippen molar-refractivity contribution in [3.05, 3.63) is 0 Å². The summed E-state index contributed by atoms with van der Waals surface area (Å²) in [6.45, 7) is 3.78. The van der Waals surface area contributed by atoms with E-state index in [4.69, 9.17) is 19.3 Å². The molecule has 1 N–H and O–H groups in total. The summed E-state index contributed by atoms with van der Waals surface area (Å²) in [5, 5.41) is 8.57. The van der Waals surface area contributed by atoms with Crippen molar-refractivity contribution in [1.82, 2.24) is 0 Å². The SMILES string of the molecule is CCOC(=O)CC(CC(=O)OC(=O)CO)(OCC)C(=O)OCC. The van der Waals surface area contributed by atoms with E-state index in [0.717, 1.165) is 0 Å². The van der Waals surface area contributed by atoms with E-state index in [9.17, 15) is 19.2 Å². The standard InChI is InChI=1S/C14H22O9/c1-4-20-10(16)7-14(22-6-3,13(19)21-5-2)8-11(17)23-12(18)9-15/h15H,4-9H2,1-3H3. The van der Waals surface area contributed by atoms with Gasteiger partial charge in [0.15, 0.2) is 5.60 Å². The molecule has 0 saturated heterocycles. The zero-order valence-corrected chi connectivity index (χ0v) is 13.5. The molecule has 0 rings (SSSR count). The number of carbonyl (C=O) groups excluding carboxylic acids is 4. The van der Waals surface area contributed by atoms with E-state index >= 15 is 0 Å². The summed E-state index contributed by atoms with van der Waals surface area (Å²) < 4.78 is 19.2.